The monoisotopic (exact) mass is 259 g/mol. The predicted molar refractivity (Wildman–Crippen MR) is 75.5 cm³/mol. The van der Waals surface area contributed by atoms with Crippen molar-refractivity contribution < 1.29 is 4.79 Å². The number of carbonyl (C=O) groups excluding carboxylic acids is 1. The van der Waals surface area contributed by atoms with Crippen LogP contribution in [0.25, 0.3) is 0 Å². The number of hydrogen-bond acceptors (Lipinski definition) is 2. The molecule has 0 aromatic heterocycles. The van der Waals surface area contributed by atoms with Gasteiger partial charge in [0.05, 0.1) is 0 Å². The van der Waals surface area contributed by atoms with E-state index in [-0.39, 0.29) is 6.03 Å². The van der Waals surface area contributed by atoms with Gasteiger partial charge in [-0.3, -0.25) is 0 Å². The Morgan fingerprint density at radius 1 is 1.16 bits per heavy atom. The Kier molecular flexibility index (Phi) is 3.09. The first-order valence-corrected chi connectivity index (χ1v) is 7.04. The molecule has 0 atom stereocenters. The topological polar surface area (TPSA) is 49.6 Å². The summed E-state index contributed by atoms with van der Waals surface area (Å²) in [6.45, 7) is 5.48. The third-order valence-corrected chi connectivity index (χ3v) is 4.28. The number of amides is 2. The average Bonchev–Trinajstić information content (AvgIpc) is 2.81. The van der Waals surface area contributed by atoms with Gasteiger partial charge in [0.1, 0.15) is 0 Å². The molecule has 2 aliphatic rings. The van der Waals surface area contributed by atoms with Crippen LogP contribution in [0.2, 0.25) is 0 Å². The first kappa shape index (κ1) is 12.3. The lowest BCUT2D eigenvalue weighted by atomic mass is 10.00. The zero-order chi connectivity index (χ0) is 13.4. The number of nitrogens with zero attached hydrogens (tertiary/aromatic N) is 2. The number of hydrogen-bond donors (Lipinski definition) is 1. The number of nitrogens with two attached hydrogens (primary N) is 1. The van der Waals surface area contributed by atoms with Gasteiger partial charge in [0.25, 0.3) is 0 Å². The van der Waals surface area contributed by atoms with Gasteiger partial charge < -0.3 is 15.5 Å². The molecule has 102 valence electrons. The van der Waals surface area contributed by atoms with E-state index < -0.39 is 0 Å². The van der Waals surface area contributed by atoms with E-state index >= 15 is 0 Å². The summed E-state index contributed by atoms with van der Waals surface area (Å²) in [6.07, 6.45) is 2.25. The molecule has 2 heterocycles. The van der Waals surface area contributed by atoms with Crippen LogP contribution in [-0.2, 0) is 13.1 Å². The Labute approximate surface area is 114 Å². The summed E-state index contributed by atoms with van der Waals surface area (Å²) in [5, 5.41) is 0. The van der Waals surface area contributed by atoms with Crippen LogP contribution in [0.1, 0.15) is 30.9 Å². The molecule has 2 aliphatic heterocycles. The SMILES string of the molecule is CC1CCN(C(=O)N2Cc3ccc(N)cc3C2)CC1. The van der Waals surface area contributed by atoms with Crippen LogP contribution in [0.15, 0.2) is 18.2 Å². The molecule has 1 saturated heterocycles. The second kappa shape index (κ2) is 4.76. The molecular formula is C15H21N3O. The third kappa shape index (κ3) is 2.39. The Balaban J connectivity index is 1.67. The zero-order valence-electron chi connectivity index (χ0n) is 11.4. The number of piperidine rings is 1. The lowest BCUT2D eigenvalue weighted by Crippen LogP contribution is -2.44. The molecular weight excluding hydrogens is 238 g/mol. The Bertz CT molecular complexity index is 492. The average molecular weight is 259 g/mol. The minimum absolute atomic E-state index is 0.182. The maximum atomic E-state index is 12.5. The van der Waals surface area contributed by atoms with E-state index in [9.17, 15) is 4.79 Å². The molecule has 0 bridgehead atoms. The standard InChI is InChI=1S/C15H21N3O/c1-11-4-6-17(7-5-11)15(19)18-9-12-2-3-14(16)8-13(12)10-18/h2-3,8,11H,4-7,9-10,16H2,1H3. The highest BCUT2D eigenvalue weighted by Crippen LogP contribution is 2.26. The van der Waals surface area contributed by atoms with Crippen molar-refractivity contribution in [2.24, 2.45) is 5.92 Å². The molecule has 3 rings (SSSR count). The van der Waals surface area contributed by atoms with Gasteiger partial charge in [-0.1, -0.05) is 13.0 Å². The highest BCUT2D eigenvalue weighted by molar-refractivity contribution is 5.75. The lowest BCUT2D eigenvalue weighted by molar-refractivity contribution is 0.134. The first-order chi connectivity index (χ1) is 9.13. The Hall–Kier alpha value is -1.71. The van der Waals surface area contributed by atoms with Gasteiger partial charge in [0.2, 0.25) is 0 Å². The van der Waals surface area contributed by atoms with E-state index in [4.69, 9.17) is 5.73 Å². The van der Waals surface area contributed by atoms with Crippen LogP contribution in [0.4, 0.5) is 10.5 Å². The number of carbonyl (C=O) groups is 1. The van der Waals surface area contributed by atoms with Gasteiger partial charge in [-0.15, -0.1) is 0 Å². The minimum atomic E-state index is 0.182. The number of urea groups is 1. The van der Waals surface area contributed by atoms with Gasteiger partial charge in [-0.05, 0) is 42.0 Å². The lowest BCUT2D eigenvalue weighted by Gasteiger charge is -2.33. The molecule has 2 amide bonds. The van der Waals surface area contributed by atoms with Crippen molar-refractivity contribution in [3.63, 3.8) is 0 Å². The summed E-state index contributed by atoms with van der Waals surface area (Å²) >= 11 is 0. The summed E-state index contributed by atoms with van der Waals surface area (Å²) < 4.78 is 0. The van der Waals surface area contributed by atoms with Gasteiger partial charge >= 0.3 is 6.03 Å². The molecule has 0 aliphatic carbocycles. The summed E-state index contributed by atoms with van der Waals surface area (Å²) in [7, 11) is 0. The molecule has 0 radical (unpaired) electrons. The first-order valence-electron chi connectivity index (χ1n) is 7.04. The molecule has 0 spiro atoms. The molecule has 4 heteroatoms. The molecule has 4 nitrogen and oxygen atoms in total. The largest absolute Gasteiger partial charge is 0.399 e. The summed E-state index contributed by atoms with van der Waals surface area (Å²) in [5.74, 6) is 0.750. The molecule has 1 aromatic rings. The second-order valence-electron chi connectivity index (χ2n) is 5.84. The smallest absolute Gasteiger partial charge is 0.320 e. The van der Waals surface area contributed by atoms with Gasteiger partial charge in [-0.25, -0.2) is 4.79 Å². The number of anilines is 1. The molecule has 0 unspecified atom stereocenters. The van der Waals surface area contributed by atoms with Crippen molar-refractivity contribution in [1.29, 1.82) is 0 Å². The van der Waals surface area contributed by atoms with Crippen molar-refractivity contribution in [1.82, 2.24) is 9.80 Å². The molecule has 19 heavy (non-hydrogen) atoms. The van der Waals surface area contributed by atoms with Crippen LogP contribution in [-0.4, -0.2) is 28.9 Å². The Morgan fingerprint density at radius 2 is 1.84 bits per heavy atom. The quantitative estimate of drug-likeness (QED) is 0.727. The van der Waals surface area contributed by atoms with Crippen LogP contribution < -0.4 is 5.73 Å². The van der Waals surface area contributed by atoms with Crippen molar-refractivity contribution >= 4 is 11.7 Å². The highest BCUT2D eigenvalue weighted by Gasteiger charge is 2.28. The second-order valence-corrected chi connectivity index (χ2v) is 5.84. The Morgan fingerprint density at radius 3 is 2.58 bits per heavy atom. The molecule has 0 saturated carbocycles. The summed E-state index contributed by atoms with van der Waals surface area (Å²) in [4.78, 5) is 16.4. The van der Waals surface area contributed by atoms with Gasteiger partial charge in [-0.2, -0.15) is 0 Å². The molecule has 2 N–H and O–H groups in total. The maximum absolute atomic E-state index is 12.5. The highest BCUT2D eigenvalue weighted by atomic mass is 16.2. The third-order valence-electron chi connectivity index (χ3n) is 4.28. The zero-order valence-corrected chi connectivity index (χ0v) is 11.4. The van der Waals surface area contributed by atoms with Gasteiger partial charge in [0, 0.05) is 31.9 Å². The minimum Gasteiger partial charge on any atom is -0.399 e. The van der Waals surface area contributed by atoms with Gasteiger partial charge in [0.15, 0.2) is 0 Å². The predicted octanol–water partition coefficient (Wildman–Crippen LogP) is 2.44. The van der Waals surface area contributed by atoms with Crippen LogP contribution in [0, 0.1) is 5.92 Å². The summed E-state index contributed by atoms with van der Waals surface area (Å²) in [5.41, 5.74) is 9.00. The van der Waals surface area contributed by atoms with E-state index in [0.29, 0.717) is 6.54 Å². The van der Waals surface area contributed by atoms with Crippen molar-refractivity contribution in [2.45, 2.75) is 32.9 Å². The molecule has 1 aromatic carbocycles. The maximum Gasteiger partial charge on any atom is 0.320 e. The van der Waals surface area contributed by atoms with Crippen molar-refractivity contribution in [3.8, 4) is 0 Å². The van der Waals surface area contributed by atoms with E-state index in [1.165, 1.54) is 11.1 Å². The number of fused-ring (bicyclic) bond motifs is 1. The fourth-order valence-electron chi connectivity index (χ4n) is 2.95. The van der Waals surface area contributed by atoms with E-state index in [0.717, 1.165) is 44.1 Å². The fourth-order valence-corrected chi connectivity index (χ4v) is 2.95. The van der Waals surface area contributed by atoms with Crippen molar-refractivity contribution in [2.75, 3.05) is 18.8 Å². The number of likely N-dealkylation sites (tertiary alicyclic amines) is 1. The van der Waals surface area contributed by atoms with E-state index in [1.54, 1.807) is 0 Å². The fraction of sp³-hybridized carbons (Fsp3) is 0.533. The van der Waals surface area contributed by atoms with E-state index in [1.807, 2.05) is 28.0 Å². The summed E-state index contributed by atoms with van der Waals surface area (Å²) in [6, 6.07) is 6.12. The van der Waals surface area contributed by atoms with E-state index in [2.05, 4.69) is 6.92 Å². The number of benzene rings is 1. The van der Waals surface area contributed by atoms with Crippen LogP contribution in [0.3, 0.4) is 0 Å². The van der Waals surface area contributed by atoms with Crippen LogP contribution in [0.5, 0.6) is 0 Å². The number of rotatable bonds is 0. The number of nitrogen functional groups attached to an aromatic ring is 1. The molecule has 1 fully saturated rings. The van der Waals surface area contributed by atoms with Crippen LogP contribution >= 0.6 is 0 Å². The normalized spacial score (nSPS) is 19.6. The van der Waals surface area contributed by atoms with Crippen molar-refractivity contribution in [3.05, 3.63) is 29.3 Å².